The van der Waals surface area contributed by atoms with Gasteiger partial charge in [-0.2, -0.15) is 0 Å². The summed E-state index contributed by atoms with van der Waals surface area (Å²) in [7, 11) is -3.70. The van der Waals surface area contributed by atoms with E-state index in [1.54, 1.807) is 4.90 Å². The Kier molecular flexibility index (Phi) is 6.37. The van der Waals surface area contributed by atoms with E-state index >= 15 is 0 Å². The lowest BCUT2D eigenvalue weighted by atomic mass is 9.70. The van der Waals surface area contributed by atoms with Crippen molar-refractivity contribution >= 4 is 33.3 Å². The SMILES string of the molecule is CC1(C)C2CCC1(CS(=O)(=O)N1CCC3(CC1)C(=O)N(CC(=O)N1CCCC1)CN3c1ccccc1)C(=O)C2. The number of hydrogen-bond donors (Lipinski definition) is 0. The zero-order valence-electron chi connectivity index (χ0n) is 23.1. The molecule has 1 aromatic rings. The molecule has 0 aromatic heterocycles. The number of hydrogen-bond acceptors (Lipinski definition) is 6. The molecule has 5 aliphatic rings. The minimum absolute atomic E-state index is 0.0242. The molecule has 2 bridgehead atoms. The third-order valence-electron chi connectivity index (χ3n) is 10.9. The van der Waals surface area contributed by atoms with Gasteiger partial charge in [0.25, 0.3) is 0 Å². The van der Waals surface area contributed by atoms with Crippen LogP contribution in [-0.2, 0) is 24.4 Å². The molecule has 1 spiro atoms. The van der Waals surface area contributed by atoms with Gasteiger partial charge >= 0.3 is 0 Å². The average molecular weight is 557 g/mol. The Morgan fingerprint density at radius 3 is 2.23 bits per heavy atom. The second kappa shape index (κ2) is 9.29. The highest BCUT2D eigenvalue weighted by Crippen LogP contribution is 2.64. The van der Waals surface area contributed by atoms with Gasteiger partial charge in [0, 0.05) is 43.7 Å². The molecule has 0 radical (unpaired) electrons. The van der Waals surface area contributed by atoms with Crippen molar-refractivity contribution < 1.29 is 22.8 Å². The molecule has 6 rings (SSSR count). The van der Waals surface area contributed by atoms with E-state index in [9.17, 15) is 22.8 Å². The van der Waals surface area contributed by atoms with Crippen molar-refractivity contribution in [3.63, 3.8) is 0 Å². The van der Waals surface area contributed by atoms with E-state index in [0.29, 0.717) is 32.4 Å². The van der Waals surface area contributed by atoms with Gasteiger partial charge in [0.15, 0.2) is 0 Å². The second-order valence-electron chi connectivity index (χ2n) is 12.8. The van der Waals surface area contributed by atoms with Crippen LogP contribution in [-0.4, -0.2) is 90.8 Å². The monoisotopic (exact) mass is 556 g/mol. The summed E-state index contributed by atoms with van der Waals surface area (Å²) in [5.41, 5.74) is -1.12. The molecule has 39 heavy (non-hydrogen) atoms. The molecule has 2 unspecified atom stereocenters. The Bertz CT molecular complexity index is 1270. The summed E-state index contributed by atoms with van der Waals surface area (Å²) in [4.78, 5) is 45.5. The number of fused-ring (bicyclic) bond motifs is 2. The number of nitrogens with zero attached hydrogens (tertiary/aromatic N) is 4. The van der Waals surface area contributed by atoms with Crippen LogP contribution < -0.4 is 4.90 Å². The summed E-state index contributed by atoms with van der Waals surface area (Å²) in [6.45, 7) is 6.39. The number of carbonyl (C=O) groups excluding carboxylic acids is 3. The highest BCUT2D eigenvalue weighted by atomic mass is 32.2. The van der Waals surface area contributed by atoms with Gasteiger partial charge in [0.2, 0.25) is 21.8 Å². The summed E-state index contributed by atoms with van der Waals surface area (Å²) in [6.07, 6.45) is 4.72. The maximum Gasteiger partial charge on any atom is 0.250 e. The fourth-order valence-corrected chi connectivity index (χ4v) is 10.4. The van der Waals surface area contributed by atoms with Gasteiger partial charge in [-0.25, -0.2) is 12.7 Å². The van der Waals surface area contributed by atoms with E-state index in [1.807, 2.05) is 35.2 Å². The number of ketones is 1. The number of sulfonamides is 1. The van der Waals surface area contributed by atoms with E-state index in [4.69, 9.17) is 0 Å². The Balaban J connectivity index is 1.22. The molecular weight excluding hydrogens is 516 g/mol. The van der Waals surface area contributed by atoms with Crippen LogP contribution in [0.4, 0.5) is 5.69 Å². The van der Waals surface area contributed by atoms with Crippen LogP contribution in [0.15, 0.2) is 30.3 Å². The van der Waals surface area contributed by atoms with Gasteiger partial charge in [-0.15, -0.1) is 0 Å². The van der Waals surface area contributed by atoms with Crippen molar-refractivity contribution in [1.82, 2.24) is 14.1 Å². The van der Waals surface area contributed by atoms with Gasteiger partial charge in [-0.3, -0.25) is 14.4 Å². The zero-order valence-corrected chi connectivity index (χ0v) is 23.9. The van der Waals surface area contributed by atoms with E-state index in [-0.39, 0.29) is 54.3 Å². The topological polar surface area (TPSA) is 98.3 Å². The second-order valence-corrected chi connectivity index (χ2v) is 14.8. The molecule has 3 aliphatic heterocycles. The van der Waals surface area contributed by atoms with Gasteiger partial charge in [-0.1, -0.05) is 32.0 Å². The molecule has 3 saturated heterocycles. The lowest BCUT2D eigenvalue weighted by Crippen LogP contribution is -2.58. The number of likely N-dealkylation sites (tertiary alicyclic amines) is 1. The standard InChI is InChI=1S/C29H40N4O5S/c1-27(2)22-10-11-28(27,24(34)18-22)20-39(37,38)32-16-12-29(13-17-32)26(36)31(19-25(35)30-14-6-7-15-30)21-33(29)23-8-4-3-5-9-23/h3-5,8-9,22H,6-7,10-21H2,1-2H3. The van der Waals surface area contributed by atoms with Crippen molar-refractivity contribution in [2.24, 2.45) is 16.7 Å². The Labute approximate surface area is 231 Å². The maximum atomic E-state index is 14.0. The van der Waals surface area contributed by atoms with Crippen molar-refractivity contribution in [1.29, 1.82) is 0 Å². The fraction of sp³-hybridized carbons (Fsp3) is 0.690. The van der Waals surface area contributed by atoms with Gasteiger partial charge in [0.1, 0.15) is 17.9 Å². The van der Waals surface area contributed by atoms with Crippen LogP contribution in [0.5, 0.6) is 0 Å². The summed E-state index contributed by atoms with van der Waals surface area (Å²) >= 11 is 0. The molecule has 2 saturated carbocycles. The number of benzene rings is 1. The maximum absolute atomic E-state index is 14.0. The first-order valence-corrected chi connectivity index (χ1v) is 16.0. The molecular formula is C29H40N4O5S. The van der Waals surface area contributed by atoms with Crippen LogP contribution in [0.2, 0.25) is 0 Å². The molecule has 5 fully saturated rings. The van der Waals surface area contributed by atoms with Crippen molar-refractivity contribution in [2.45, 2.75) is 64.3 Å². The van der Waals surface area contributed by atoms with Gasteiger partial charge in [0.05, 0.1) is 12.4 Å². The summed E-state index contributed by atoms with van der Waals surface area (Å²) < 4.78 is 29.0. The first kappa shape index (κ1) is 26.7. The number of carbonyl (C=O) groups is 3. The lowest BCUT2D eigenvalue weighted by Gasteiger charge is -2.44. The summed E-state index contributed by atoms with van der Waals surface area (Å²) in [5.74, 6) is 0.0985. The predicted molar refractivity (Wildman–Crippen MR) is 147 cm³/mol. The average Bonchev–Trinajstić information content (AvgIpc) is 3.64. The van der Waals surface area contributed by atoms with Gasteiger partial charge < -0.3 is 14.7 Å². The molecule has 2 aliphatic carbocycles. The fourth-order valence-electron chi connectivity index (χ4n) is 8.20. The van der Waals surface area contributed by atoms with Crippen LogP contribution in [0.3, 0.4) is 0 Å². The summed E-state index contributed by atoms with van der Waals surface area (Å²) in [6, 6.07) is 9.72. The van der Waals surface area contributed by atoms with Crippen LogP contribution in [0.1, 0.15) is 58.8 Å². The Morgan fingerprint density at radius 2 is 1.64 bits per heavy atom. The number of rotatable bonds is 6. The first-order chi connectivity index (χ1) is 18.5. The predicted octanol–water partition coefficient (Wildman–Crippen LogP) is 2.47. The highest BCUT2D eigenvalue weighted by Gasteiger charge is 2.66. The molecule has 2 atom stereocenters. The molecule has 3 heterocycles. The lowest BCUT2D eigenvalue weighted by molar-refractivity contribution is -0.140. The van der Waals surface area contributed by atoms with Crippen LogP contribution in [0.25, 0.3) is 0 Å². The number of anilines is 1. The number of Topliss-reactive ketones (excluding diaryl/α,β-unsaturated/α-hetero) is 1. The van der Waals surface area contributed by atoms with E-state index in [0.717, 1.165) is 38.0 Å². The molecule has 212 valence electrons. The molecule has 2 amide bonds. The largest absolute Gasteiger partial charge is 0.341 e. The third-order valence-corrected chi connectivity index (χ3v) is 12.9. The first-order valence-electron chi connectivity index (χ1n) is 14.4. The normalized spacial score (nSPS) is 30.2. The highest BCUT2D eigenvalue weighted by molar-refractivity contribution is 7.89. The van der Waals surface area contributed by atoms with E-state index < -0.39 is 21.0 Å². The van der Waals surface area contributed by atoms with Crippen molar-refractivity contribution in [3.8, 4) is 0 Å². The third kappa shape index (κ3) is 4.04. The molecule has 1 aromatic carbocycles. The number of piperidine rings is 1. The van der Waals surface area contributed by atoms with E-state index in [2.05, 4.69) is 18.7 Å². The quantitative estimate of drug-likeness (QED) is 0.534. The Hall–Kier alpha value is -2.46. The van der Waals surface area contributed by atoms with Crippen LogP contribution in [0, 0.1) is 16.7 Å². The van der Waals surface area contributed by atoms with Gasteiger partial charge in [-0.05, 0) is 62.0 Å². The number of para-hydroxylation sites is 1. The zero-order chi connectivity index (χ0) is 27.6. The minimum atomic E-state index is -3.70. The molecule has 0 N–H and O–H groups in total. The van der Waals surface area contributed by atoms with Crippen molar-refractivity contribution in [3.05, 3.63) is 30.3 Å². The summed E-state index contributed by atoms with van der Waals surface area (Å²) in [5, 5.41) is 0. The molecule has 9 nitrogen and oxygen atoms in total. The van der Waals surface area contributed by atoms with E-state index in [1.165, 1.54) is 4.31 Å². The number of amides is 2. The van der Waals surface area contributed by atoms with Crippen LogP contribution >= 0.6 is 0 Å². The Morgan fingerprint density at radius 1 is 0.974 bits per heavy atom. The molecule has 10 heteroatoms. The van der Waals surface area contributed by atoms with Crippen molar-refractivity contribution in [2.75, 3.05) is 50.0 Å². The smallest absolute Gasteiger partial charge is 0.250 e. The minimum Gasteiger partial charge on any atom is -0.341 e.